The van der Waals surface area contributed by atoms with Crippen LogP contribution in [0.2, 0.25) is 0 Å². The molecular weight excluding hydrogens is 570 g/mol. The highest BCUT2D eigenvalue weighted by atomic mass is 32.2. The van der Waals surface area contributed by atoms with Crippen molar-refractivity contribution in [1.29, 1.82) is 0 Å². The smallest absolute Gasteiger partial charge is 0.264 e. The number of aryl methyl sites for hydroxylation is 2. The Labute approximate surface area is 261 Å². The Balaban J connectivity index is 1.83. The van der Waals surface area contributed by atoms with E-state index in [4.69, 9.17) is 0 Å². The third-order valence-electron chi connectivity index (χ3n) is 7.59. The highest BCUT2D eigenvalue weighted by molar-refractivity contribution is 7.92. The van der Waals surface area contributed by atoms with Gasteiger partial charge in [-0.1, -0.05) is 90.5 Å². The van der Waals surface area contributed by atoms with Crippen molar-refractivity contribution in [3.63, 3.8) is 0 Å². The van der Waals surface area contributed by atoms with Gasteiger partial charge in [-0.2, -0.15) is 0 Å². The molecule has 8 heteroatoms. The molecule has 0 spiro atoms. The fraction of sp³-hybridized carbons (Fsp3) is 0.278. The molecule has 44 heavy (non-hydrogen) atoms. The number of carbonyl (C=O) groups excluding carboxylic acids is 2. The highest BCUT2D eigenvalue weighted by Crippen LogP contribution is 2.29. The van der Waals surface area contributed by atoms with Gasteiger partial charge in [0.25, 0.3) is 10.0 Å². The summed E-state index contributed by atoms with van der Waals surface area (Å²) in [6, 6.07) is 29.8. The van der Waals surface area contributed by atoms with Crippen molar-refractivity contribution in [2.24, 2.45) is 0 Å². The molecule has 0 unspecified atom stereocenters. The lowest BCUT2D eigenvalue weighted by molar-refractivity contribution is -0.140. The molecule has 1 N–H and O–H groups in total. The molecule has 0 aromatic heterocycles. The molecule has 0 aliphatic rings. The second-order valence-corrected chi connectivity index (χ2v) is 13.3. The fourth-order valence-corrected chi connectivity index (χ4v) is 6.67. The molecule has 0 aliphatic heterocycles. The number of carbonyl (C=O) groups is 2. The molecule has 0 bridgehead atoms. The van der Waals surface area contributed by atoms with Crippen molar-refractivity contribution >= 4 is 27.5 Å². The Hall–Kier alpha value is -4.43. The molecule has 1 atom stereocenters. The minimum atomic E-state index is -4.14. The molecule has 0 radical (unpaired) electrons. The topological polar surface area (TPSA) is 86.8 Å². The Morgan fingerprint density at radius 2 is 1.39 bits per heavy atom. The molecule has 4 aromatic rings. The van der Waals surface area contributed by atoms with E-state index in [0.717, 1.165) is 27.8 Å². The number of amides is 2. The van der Waals surface area contributed by atoms with Crippen LogP contribution in [0, 0.1) is 20.8 Å². The number of hydrogen-bond acceptors (Lipinski definition) is 4. The van der Waals surface area contributed by atoms with Crippen molar-refractivity contribution in [3.05, 3.63) is 131 Å². The lowest BCUT2D eigenvalue weighted by Gasteiger charge is -2.34. The molecule has 7 nitrogen and oxygen atoms in total. The van der Waals surface area contributed by atoms with Crippen LogP contribution in [-0.4, -0.2) is 43.8 Å². The van der Waals surface area contributed by atoms with Gasteiger partial charge in [-0.3, -0.25) is 13.9 Å². The number of sulfonamides is 1. The monoisotopic (exact) mass is 611 g/mol. The first-order valence-corrected chi connectivity index (χ1v) is 16.2. The van der Waals surface area contributed by atoms with Gasteiger partial charge in [-0.25, -0.2) is 8.42 Å². The highest BCUT2D eigenvalue weighted by Gasteiger charge is 2.35. The molecule has 0 aliphatic carbocycles. The van der Waals surface area contributed by atoms with Crippen molar-refractivity contribution in [3.8, 4) is 0 Å². The van der Waals surface area contributed by atoms with Crippen molar-refractivity contribution in [2.75, 3.05) is 10.8 Å². The summed E-state index contributed by atoms with van der Waals surface area (Å²) >= 11 is 0. The summed E-state index contributed by atoms with van der Waals surface area (Å²) in [4.78, 5) is 30.0. The van der Waals surface area contributed by atoms with E-state index in [9.17, 15) is 18.0 Å². The van der Waals surface area contributed by atoms with Gasteiger partial charge in [0.1, 0.15) is 12.6 Å². The van der Waals surface area contributed by atoms with Gasteiger partial charge in [-0.05, 0) is 75.1 Å². The minimum Gasteiger partial charge on any atom is -0.352 e. The van der Waals surface area contributed by atoms with Crippen molar-refractivity contribution in [1.82, 2.24) is 10.2 Å². The van der Waals surface area contributed by atoms with Crippen LogP contribution >= 0.6 is 0 Å². The summed E-state index contributed by atoms with van der Waals surface area (Å²) in [5.41, 5.74) is 4.83. The number of nitrogens with one attached hydrogen (secondary N) is 1. The summed E-state index contributed by atoms with van der Waals surface area (Å²) in [5, 5.41) is 2.99. The van der Waals surface area contributed by atoms with E-state index in [0.29, 0.717) is 5.69 Å². The van der Waals surface area contributed by atoms with Crippen LogP contribution < -0.4 is 9.62 Å². The van der Waals surface area contributed by atoms with Gasteiger partial charge < -0.3 is 10.2 Å². The van der Waals surface area contributed by atoms with Crippen molar-refractivity contribution < 1.29 is 18.0 Å². The second kappa shape index (κ2) is 14.4. The van der Waals surface area contributed by atoms with Crippen LogP contribution in [0.3, 0.4) is 0 Å². The summed E-state index contributed by atoms with van der Waals surface area (Å²) in [6.07, 6.45) is 0.270. The zero-order valence-electron chi connectivity index (χ0n) is 26.0. The lowest BCUT2D eigenvalue weighted by atomic mass is 10.0. The molecule has 4 aromatic carbocycles. The SMILES string of the molecule is Cc1cccc(CN(C(=O)CN(c2cccc(C)c2C)S(=O)(=O)c2ccccc2)[C@@H](Cc2ccccc2)C(=O)NC(C)C)c1. The normalized spacial score (nSPS) is 12.0. The van der Waals surface area contributed by atoms with E-state index in [1.54, 1.807) is 30.3 Å². The maximum absolute atomic E-state index is 14.6. The minimum absolute atomic E-state index is 0.0809. The Morgan fingerprint density at radius 1 is 0.773 bits per heavy atom. The second-order valence-electron chi connectivity index (χ2n) is 11.4. The third kappa shape index (κ3) is 7.94. The van der Waals surface area contributed by atoms with Gasteiger partial charge in [0.15, 0.2) is 0 Å². The van der Waals surface area contributed by atoms with E-state index in [2.05, 4.69) is 5.32 Å². The van der Waals surface area contributed by atoms with Gasteiger partial charge >= 0.3 is 0 Å². The van der Waals surface area contributed by atoms with Crippen LogP contribution in [0.25, 0.3) is 0 Å². The molecule has 0 saturated carbocycles. The molecular formula is C36H41N3O4S. The molecule has 0 fully saturated rings. The number of hydrogen-bond donors (Lipinski definition) is 1. The molecule has 0 saturated heterocycles. The maximum Gasteiger partial charge on any atom is 0.264 e. The largest absolute Gasteiger partial charge is 0.352 e. The summed E-state index contributed by atoms with van der Waals surface area (Å²) in [5.74, 6) is -0.777. The standard InChI is InChI=1S/C36H41N3O4S/c1-26(2)37-36(41)34(23-30-16-8-6-9-17-30)38(24-31-18-12-14-27(3)22-31)35(40)25-39(33-21-13-15-28(4)29(33)5)44(42,43)32-19-10-7-11-20-32/h6-22,26,34H,23-25H2,1-5H3,(H,37,41)/t34-/m0/s1. The molecule has 2 amide bonds. The first-order chi connectivity index (χ1) is 21.0. The Bertz CT molecular complexity index is 1690. The number of anilines is 1. The molecule has 230 valence electrons. The predicted molar refractivity (Wildman–Crippen MR) is 176 cm³/mol. The molecule has 4 rings (SSSR count). The van der Waals surface area contributed by atoms with E-state index < -0.39 is 28.5 Å². The van der Waals surface area contributed by atoms with Crippen LogP contribution in [0.5, 0.6) is 0 Å². The quantitative estimate of drug-likeness (QED) is 0.214. The van der Waals surface area contributed by atoms with E-state index >= 15 is 0 Å². The van der Waals surface area contributed by atoms with Gasteiger partial charge in [0.05, 0.1) is 10.6 Å². The van der Waals surface area contributed by atoms with E-state index in [1.165, 1.54) is 21.3 Å². The van der Waals surface area contributed by atoms with E-state index in [1.807, 2.05) is 95.3 Å². The predicted octanol–water partition coefficient (Wildman–Crippen LogP) is 5.97. The first-order valence-electron chi connectivity index (χ1n) is 14.8. The van der Waals surface area contributed by atoms with Crippen molar-refractivity contribution in [2.45, 2.75) is 64.6 Å². The van der Waals surface area contributed by atoms with Gasteiger partial charge in [0.2, 0.25) is 11.8 Å². The average molecular weight is 612 g/mol. The Morgan fingerprint density at radius 3 is 2.02 bits per heavy atom. The summed E-state index contributed by atoms with van der Waals surface area (Å²) in [6.45, 7) is 9.13. The number of benzene rings is 4. The summed E-state index contributed by atoms with van der Waals surface area (Å²) < 4.78 is 29.5. The number of rotatable bonds is 12. The first kappa shape index (κ1) is 32.5. The van der Waals surface area contributed by atoms with Gasteiger partial charge in [0, 0.05) is 19.0 Å². The van der Waals surface area contributed by atoms with Crippen LogP contribution in [0.15, 0.2) is 108 Å². The molecule has 0 heterocycles. The van der Waals surface area contributed by atoms with Gasteiger partial charge in [-0.15, -0.1) is 0 Å². The average Bonchev–Trinajstić information content (AvgIpc) is 2.99. The number of nitrogens with zero attached hydrogens (tertiary/aromatic N) is 2. The lowest BCUT2D eigenvalue weighted by Crippen LogP contribution is -2.54. The Kier molecular flexibility index (Phi) is 10.6. The summed E-state index contributed by atoms with van der Waals surface area (Å²) in [7, 11) is -4.14. The third-order valence-corrected chi connectivity index (χ3v) is 9.37. The maximum atomic E-state index is 14.6. The fourth-order valence-electron chi connectivity index (χ4n) is 5.18. The zero-order chi connectivity index (χ0) is 31.9. The zero-order valence-corrected chi connectivity index (χ0v) is 26.8. The van der Waals surface area contributed by atoms with Crippen LogP contribution in [0.1, 0.15) is 41.7 Å². The van der Waals surface area contributed by atoms with E-state index in [-0.39, 0.29) is 29.8 Å². The van der Waals surface area contributed by atoms with Crippen LogP contribution in [-0.2, 0) is 32.6 Å². The van der Waals surface area contributed by atoms with Crippen LogP contribution in [0.4, 0.5) is 5.69 Å².